The van der Waals surface area contributed by atoms with Gasteiger partial charge < -0.3 is 11.1 Å². The van der Waals surface area contributed by atoms with Gasteiger partial charge >= 0.3 is 0 Å². The van der Waals surface area contributed by atoms with Gasteiger partial charge in [-0.05, 0) is 25.0 Å². The minimum Gasteiger partial charge on any atom is -0.349 e. The lowest BCUT2D eigenvalue weighted by atomic mass is 9.94. The minimum atomic E-state index is -0.370. The normalized spacial score (nSPS) is 10.9. The lowest BCUT2D eigenvalue weighted by Crippen LogP contribution is -2.49. The predicted molar refractivity (Wildman–Crippen MR) is 88.4 cm³/mol. The summed E-state index contributed by atoms with van der Waals surface area (Å²) < 4.78 is 0. The van der Waals surface area contributed by atoms with Gasteiger partial charge in [-0.15, -0.1) is 17.5 Å². The van der Waals surface area contributed by atoms with E-state index in [1.807, 2.05) is 44.2 Å². The molecule has 0 atom stereocenters. The highest BCUT2D eigenvalue weighted by atomic mass is 35.5. The van der Waals surface area contributed by atoms with Crippen molar-refractivity contribution in [2.45, 2.75) is 32.2 Å². The second-order valence-electron chi connectivity index (χ2n) is 5.11. The van der Waals surface area contributed by atoms with Crippen LogP contribution in [0.25, 0.3) is 5.69 Å². The first-order valence-electron chi connectivity index (χ1n) is 7.13. The molecule has 2 rings (SSSR count). The average molecular weight is 324 g/mol. The molecule has 7 heteroatoms. The number of hydrogen-bond acceptors (Lipinski definition) is 4. The van der Waals surface area contributed by atoms with Crippen LogP contribution in [0, 0.1) is 0 Å². The Balaban J connectivity index is 0.00000242. The highest BCUT2D eigenvalue weighted by Crippen LogP contribution is 2.10. The van der Waals surface area contributed by atoms with Gasteiger partial charge in [-0.25, -0.2) is 0 Å². The van der Waals surface area contributed by atoms with Crippen LogP contribution in [0.4, 0.5) is 0 Å². The quantitative estimate of drug-likeness (QED) is 0.850. The lowest BCUT2D eigenvalue weighted by Gasteiger charge is -2.26. The molecule has 2 aromatic rings. The highest BCUT2D eigenvalue weighted by Gasteiger charge is 2.22. The Kier molecular flexibility index (Phi) is 6.52. The zero-order valence-electron chi connectivity index (χ0n) is 12.8. The van der Waals surface area contributed by atoms with E-state index in [4.69, 9.17) is 5.73 Å². The van der Waals surface area contributed by atoms with E-state index in [0.29, 0.717) is 6.54 Å². The molecule has 120 valence electrons. The van der Waals surface area contributed by atoms with Crippen LogP contribution < -0.4 is 11.1 Å². The largest absolute Gasteiger partial charge is 0.349 e. The molecule has 0 spiro atoms. The van der Waals surface area contributed by atoms with Crippen LogP contribution in [0.1, 0.15) is 37.2 Å². The molecule has 0 saturated heterocycles. The van der Waals surface area contributed by atoms with Gasteiger partial charge in [0.25, 0.3) is 5.91 Å². The first-order chi connectivity index (χ1) is 10.1. The summed E-state index contributed by atoms with van der Waals surface area (Å²) in [5, 5.41) is 11.1. The number of rotatable bonds is 6. The lowest BCUT2D eigenvalue weighted by molar-refractivity contribution is 0.0936. The van der Waals surface area contributed by atoms with Crippen molar-refractivity contribution in [1.82, 2.24) is 20.3 Å². The maximum Gasteiger partial charge on any atom is 0.273 e. The van der Waals surface area contributed by atoms with Crippen LogP contribution in [0.15, 0.2) is 36.5 Å². The molecule has 0 radical (unpaired) electrons. The van der Waals surface area contributed by atoms with Crippen LogP contribution in [0.3, 0.4) is 0 Å². The Hall–Kier alpha value is -1.92. The van der Waals surface area contributed by atoms with Crippen LogP contribution >= 0.6 is 12.4 Å². The number of hydrogen-bond donors (Lipinski definition) is 2. The van der Waals surface area contributed by atoms with Gasteiger partial charge in [0.15, 0.2) is 5.69 Å². The van der Waals surface area contributed by atoms with Crippen LogP contribution in [0.5, 0.6) is 0 Å². The van der Waals surface area contributed by atoms with Crippen molar-refractivity contribution in [2.24, 2.45) is 5.73 Å². The van der Waals surface area contributed by atoms with Crippen LogP contribution in [-0.2, 0) is 0 Å². The molecule has 0 saturated carbocycles. The molecule has 1 heterocycles. The standard InChI is InChI=1S/C15H21N5O.ClH/c1-3-15(16,4-2)11-17-14(21)13-10-18-20(19-13)12-8-6-5-7-9-12;/h5-10H,3-4,11,16H2,1-2H3,(H,17,21);1H. The van der Waals surface area contributed by atoms with E-state index >= 15 is 0 Å². The molecule has 0 aliphatic heterocycles. The third kappa shape index (κ3) is 4.29. The number of nitrogens with zero attached hydrogens (tertiary/aromatic N) is 3. The maximum absolute atomic E-state index is 12.1. The van der Waals surface area contributed by atoms with E-state index in [2.05, 4.69) is 15.5 Å². The van der Waals surface area contributed by atoms with E-state index in [1.54, 1.807) is 0 Å². The molecule has 0 aliphatic carbocycles. The van der Waals surface area contributed by atoms with E-state index in [1.165, 1.54) is 11.0 Å². The monoisotopic (exact) mass is 323 g/mol. The predicted octanol–water partition coefficient (Wildman–Crippen LogP) is 1.94. The second-order valence-corrected chi connectivity index (χ2v) is 5.11. The van der Waals surface area contributed by atoms with Crippen molar-refractivity contribution in [3.63, 3.8) is 0 Å². The van der Waals surface area contributed by atoms with Gasteiger partial charge in [0.1, 0.15) is 0 Å². The Morgan fingerprint density at radius 1 is 1.27 bits per heavy atom. The minimum absolute atomic E-state index is 0. The summed E-state index contributed by atoms with van der Waals surface area (Å²) in [6, 6.07) is 9.45. The molecule has 3 N–H and O–H groups in total. The summed E-state index contributed by atoms with van der Waals surface area (Å²) in [5.41, 5.74) is 6.89. The molecule has 0 fully saturated rings. The van der Waals surface area contributed by atoms with Gasteiger partial charge in [0.2, 0.25) is 0 Å². The summed E-state index contributed by atoms with van der Waals surface area (Å²) in [7, 11) is 0. The van der Waals surface area contributed by atoms with E-state index in [9.17, 15) is 4.79 Å². The zero-order valence-corrected chi connectivity index (χ0v) is 13.6. The first kappa shape index (κ1) is 18.1. The van der Waals surface area contributed by atoms with Crippen molar-refractivity contribution in [1.29, 1.82) is 0 Å². The third-order valence-corrected chi connectivity index (χ3v) is 3.72. The fourth-order valence-corrected chi connectivity index (χ4v) is 1.90. The van der Waals surface area contributed by atoms with Gasteiger partial charge in [-0.2, -0.15) is 9.90 Å². The summed E-state index contributed by atoms with van der Waals surface area (Å²) in [5.74, 6) is -0.256. The van der Waals surface area contributed by atoms with Crippen molar-refractivity contribution < 1.29 is 4.79 Å². The van der Waals surface area contributed by atoms with Crippen molar-refractivity contribution >= 4 is 18.3 Å². The van der Waals surface area contributed by atoms with E-state index in [0.717, 1.165) is 18.5 Å². The molecule has 1 aromatic heterocycles. The number of carbonyl (C=O) groups excluding carboxylic acids is 1. The Labute approximate surface area is 136 Å². The maximum atomic E-state index is 12.1. The zero-order chi connectivity index (χ0) is 15.3. The Bertz CT molecular complexity index is 595. The molecule has 1 aromatic carbocycles. The average Bonchev–Trinajstić information content (AvgIpc) is 3.03. The van der Waals surface area contributed by atoms with E-state index in [-0.39, 0.29) is 29.5 Å². The van der Waals surface area contributed by atoms with Crippen LogP contribution in [-0.4, -0.2) is 33.0 Å². The summed E-state index contributed by atoms with van der Waals surface area (Å²) in [6.45, 7) is 4.46. The van der Waals surface area contributed by atoms with Crippen molar-refractivity contribution in [2.75, 3.05) is 6.54 Å². The van der Waals surface area contributed by atoms with Gasteiger partial charge in [0, 0.05) is 12.1 Å². The Morgan fingerprint density at radius 2 is 1.91 bits per heavy atom. The Morgan fingerprint density at radius 3 is 2.50 bits per heavy atom. The van der Waals surface area contributed by atoms with Gasteiger partial charge in [-0.3, -0.25) is 4.79 Å². The topological polar surface area (TPSA) is 85.8 Å². The summed E-state index contributed by atoms with van der Waals surface area (Å²) in [6.07, 6.45) is 3.07. The number of benzene rings is 1. The van der Waals surface area contributed by atoms with Crippen molar-refractivity contribution in [3.8, 4) is 5.69 Å². The van der Waals surface area contributed by atoms with Crippen molar-refractivity contribution in [3.05, 3.63) is 42.2 Å². The summed E-state index contributed by atoms with van der Waals surface area (Å²) in [4.78, 5) is 13.5. The van der Waals surface area contributed by atoms with Gasteiger partial charge in [0.05, 0.1) is 11.9 Å². The summed E-state index contributed by atoms with van der Waals surface area (Å²) >= 11 is 0. The first-order valence-corrected chi connectivity index (χ1v) is 7.13. The number of carbonyl (C=O) groups is 1. The molecular formula is C15H22ClN5O. The molecule has 0 aliphatic rings. The number of para-hydroxylation sites is 1. The molecule has 22 heavy (non-hydrogen) atoms. The SMILES string of the molecule is CCC(N)(CC)CNC(=O)c1cnn(-c2ccccc2)n1.Cl. The van der Waals surface area contributed by atoms with E-state index < -0.39 is 0 Å². The molecule has 0 unspecified atom stereocenters. The fraction of sp³-hybridized carbons (Fsp3) is 0.400. The molecule has 1 amide bonds. The molecule has 6 nitrogen and oxygen atoms in total. The number of halogens is 1. The molecule has 0 bridgehead atoms. The number of nitrogens with one attached hydrogen (secondary N) is 1. The number of nitrogens with two attached hydrogens (primary N) is 1. The third-order valence-electron chi connectivity index (χ3n) is 3.72. The smallest absolute Gasteiger partial charge is 0.273 e. The second kappa shape index (κ2) is 7.91. The number of amides is 1. The fourth-order valence-electron chi connectivity index (χ4n) is 1.90. The highest BCUT2D eigenvalue weighted by molar-refractivity contribution is 5.91. The van der Waals surface area contributed by atoms with Gasteiger partial charge in [-0.1, -0.05) is 32.0 Å². The van der Waals surface area contributed by atoms with Crippen LogP contribution in [0.2, 0.25) is 0 Å². The molecular weight excluding hydrogens is 302 g/mol. The number of aromatic nitrogens is 3.